The molecule has 0 aliphatic heterocycles. The Balaban J connectivity index is 2.06. The van der Waals surface area contributed by atoms with Crippen LogP contribution in [0.25, 0.3) is 11.0 Å². The Labute approximate surface area is 138 Å². The van der Waals surface area contributed by atoms with Crippen LogP contribution in [0.1, 0.15) is 0 Å². The maximum Gasteiger partial charge on any atom is 0.328 e. The largest absolute Gasteiger partial charge is 0.328 e. The number of sulfonamides is 1. The van der Waals surface area contributed by atoms with Gasteiger partial charge in [-0.3, -0.25) is 13.9 Å². The normalized spacial score (nSPS) is 11.8. The molecule has 8 heteroatoms. The summed E-state index contributed by atoms with van der Waals surface area (Å²) in [6.07, 6.45) is 0. The van der Waals surface area contributed by atoms with E-state index < -0.39 is 10.0 Å². The van der Waals surface area contributed by atoms with E-state index in [1.807, 2.05) is 0 Å². The maximum atomic E-state index is 12.5. The molecular weight excluding hydrogens is 338 g/mol. The first-order chi connectivity index (χ1) is 10.8. The Bertz CT molecular complexity index is 1050. The monoisotopic (exact) mass is 351 g/mol. The maximum absolute atomic E-state index is 12.5. The summed E-state index contributed by atoms with van der Waals surface area (Å²) in [5.41, 5.74) is 1.43. The molecule has 0 saturated heterocycles. The van der Waals surface area contributed by atoms with Gasteiger partial charge in [0.2, 0.25) is 0 Å². The molecule has 0 amide bonds. The smallest absolute Gasteiger partial charge is 0.295 e. The summed E-state index contributed by atoms with van der Waals surface area (Å²) in [7, 11) is -0.507. The van der Waals surface area contributed by atoms with Crippen LogP contribution in [0.5, 0.6) is 0 Å². The van der Waals surface area contributed by atoms with Crippen LogP contribution in [0, 0.1) is 0 Å². The third-order valence-corrected chi connectivity index (χ3v) is 5.28. The van der Waals surface area contributed by atoms with Crippen molar-refractivity contribution in [2.45, 2.75) is 4.90 Å². The molecule has 2 aromatic carbocycles. The standard InChI is InChI=1S/C15H14ClN3O3S/c1-18-13-8-7-12(9-14(13)19(2)15(18)20)23(21,22)17-11-5-3-10(16)4-6-11/h3-9,17H,1-2H3. The van der Waals surface area contributed by atoms with Crippen LogP contribution in [-0.2, 0) is 24.1 Å². The van der Waals surface area contributed by atoms with Crippen molar-refractivity contribution in [3.8, 4) is 0 Å². The Morgan fingerprint density at radius 1 is 0.957 bits per heavy atom. The molecule has 0 aliphatic rings. The Morgan fingerprint density at radius 2 is 1.57 bits per heavy atom. The number of halogens is 1. The summed E-state index contributed by atoms with van der Waals surface area (Å²) >= 11 is 5.79. The highest BCUT2D eigenvalue weighted by Gasteiger charge is 2.17. The fraction of sp³-hybridized carbons (Fsp3) is 0.133. The molecule has 0 fully saturated rings. The predicted octanol–water partition coefficient (Wildman–Crippen LogP) is 2.33. The van der Waals surface area contributed by atoms with Crippen LogP contribution < -0.4 is 10.4 Å². The number of aryl methyl sites for hydroxylation is 2. The summed E-state index contributed by atoms with van der Waals surface area (Å²) in [5, 5.41) is 0.522. The topological polar surface area (TPSA) is 73.1 Å². The lowest BCUT2D eigenvalue weighted by molar-refractivity contribution is 0.601. The number of aromatic nitrogens is 2. The Hall–Kier alpha value is -2.25. The van der Waals surface area contributed by atoms with Crippen molar-refractivity contribution in [1.82, 2.24) is 9.13 Å². The van der Waals surface area contributed by atoms with E-state index in [9.17, 15) is 13.2 Å². The first-order valence-electron chi connectivity index (χ1n) is 6.73. The van der Waals surface area contributed by atoms with Crippen molar-refractivity contribution in [3.05, 3.63) is 58.0 Å². The fourth-order valence-electron chi connectivity index (χ4n) is 2.39. The minimum atomic E-state index is -3.76. The van der Waals surface area contributed by atoms with Crippen LogP contribution in [-0.4, -0.2) is 17.6 Å². The number of fused-ring (bicyclic) bond motifs is 1. The third kappa shape index (κ3) is 2.73. The van der Waals surface area contributed by atoms with Gasteiger partial charge in [-0.2, -0.15) is 0 Å². The second kappa shape index (κ2) is 5.43. The van der Waals surface area contributed by atoms with E-state index in [4.69, 9.17) is 11.6 Å². The highest BCUT2D eigenvalue weighted by atomic mass is 35.5. The van der Waals surface area contributed by atoms with Crippen molar-refractivity contribution < 1.29 is 8.42 Å². The van der Waals surface area contributed by atoms with Gasteiger partial charge in [0.15, 0.2) is 0 Å². The number of rotatable bonds is 3. The van der Waals surface area contributed by atoms with Gasteiger partial charge in [0.05, 0.1) is 15.9 Å². The van der Waals surface area contributed by atoms with Crippen LogP contribution in [0.15, 0.2) is 52.2 Å². The van der Waals surface area contributed by atoms with E-state index in [2.05, 4.69) is 4.72 Å². The summed E-state index contributed by atoms with van der Waals surface area (Å²) < 4.78 is 30.4. The van der Waals surface area contributed by atoms with Crippen LogP contribution in [0.4, 0.5) is 5.69 Å². The Morgan fingerprint density at radius 3 is 2.22 bits per heavy atom. The molecule has 0 radical (unpaired) electrons. The second-order valence-corrected chi connectivity index (χ2v) is 7.28. The SMILES string of the molecule is Cn1c(=O)n(C)c2cc(S(=O)(=O)Nc3ccc(Cl)cc3)ccc21. The van der Waals surface area contributed by atoms with E-state index >= 15 is 0 Å². The summed E-state index contributed by atoms with van der Waals surface area (Å²) in [4.78, 5) is 12.0. The van der Waals surface area contributed by atoms with Gasteiger partial charge in [-0.1, -0.05) is 11.6 Å². The van der Waals surface area contributed by atoms with Crippen LogP contribution >= 0.6 is 11.6 Å². The zero-order valence-corrected chi connectivity index (χ0v) is 14.0. The number of hydrogen-bond acceptors (Lipinski definition) is 3. The zero-order valence-electron chi connectivity index (χ0n) is 12.4. The first-order valence-corrected chi connectivity index (χ1v) is 8.59. The van der Waals surface area contributed by atoms with E-state index in [0.717, 1.165) is 0 Å². The molecule has 6 nitrogen and oxygen atoms in total. The molecule has 0 unspecified atom stereocenters. The lowest BCUT2D eigenvalue weighted by Crippen LogP contribution is -2.19. The van der Waals surface area contributed by atoms with Crippen molar-refractivity contribution in [1.29, 1.82) is 0 Å². The van der Waals surface area contributed by atoms with Crippen molar-refractivity contribution in [2.24, 2.45) is 14.1 Å². The number of imidazole rings is 1. The van der Waals surface area contributed by atoms with Gasteiger partial charge in [0, 0.05) is 24.8 Å². The molecular formula is C15H14ClN3O3S. The average Bonchev–Trinajstić information content (AvgIpc) is 2.74. The summed E-state index contributed by atoms with van der Waals surface area (Å²) in [6, 6.07) is 10.9. The minimum absolute atomic E-state index is 0.0844. The lowest BCUT2D eigenvalue weighted by atomic mass is 10.3. The minimum Gasteiger partial charge on any atom is -0.295 e. The molecule has 1 heterocycles. The van der Waals surface area contributed by atoms with Crippen molar-refractivity contribution in [3.63, 3.8) is 0 Å². The molecule has 0 saturated carbocycles. The van der Waals surface area contributed by atoms with Gasteiger partial charge in [-0.15, -0.1) is 0 Å². The number of nitrogens with zero attached hydrogens (tertiary/aromatic N) is 2. The number of benzene rings is 2. The molecule has 0 bridgehead atoms. The van der Waals surface area contributed by atoms with Gasteiger partial charge >= 0.3 is 5.69 Å². The van der Waals surface area contributed by atoms with E-state index in [1.165, 1.54) is 21.3 Å². The van der Waals surface area contributed by atoms with E-state index in [0.29, 0.717) is 21.7 Å². The summed E-state index contributed by atoms with van der Waals surface area (Å²) in [6.45, 7) is 0. The fourth-order valence-corrected chi connectivity index (χ4v) is 3.59. The highest BCUT2D eigenvalue weighted by Crippen LogP contribution is 2.21. The number of hydrogen-bond donors (Lipinski definition) is 1. The molecule has 23 heavy (non-hydrogen) atoms. The molecule has 1 N–H and O–H groups in total. The average molecular weight is 352 g/mol. The van der Waals surface area contributed by atoms with Gasteiger partial charge in [-0.05, 0) is 42.5 Å². The molecule has 120 valence electrons. The van der Waals surface area contributed by atoms with Crippen LogP contribution in [0.3, 0.4) is 0 Å². The molecule has 0 aliphatic carbocycles. The summed E-state index contributed by atoms with van der Waals surface area (Å²) in [5.74, 6) is 0. The Kier molecular flexibility index (Phi) is 3.69. The third-order valence-electron chi connectivity index (χ3n) is 3.65. The van der Waals surface area contributed by atoms with Crippen LogP contribution in [0.2, 0.25) is 5.02 Å². The zero-order chi connectivity index (χ0) is 16.8. The highest BCUT2D eigenvalue weighted by molar-refractivity contribution is 7.92. The van der Waals surface area contributed by atoms with Gasteiger partial charge in [0.1, 0.15) is 0 Å². The van der Waals surface area contributed by atoms with E-state index in [-0.39, 0.29) is 10.6 Å². The van der Waals surface area contributed by atoms with Gasteiger partial charge in [0.25, 0.3) is 10.0 Å². The molecule has 3 rings (SSSR count). The van der Waals surface area contributed by atoms with Crippen molar-refractivity contribution in [2.75, 3.05) is 4.72 Å². The second-order valence-electron chi connectivity index (χ2n) is 5.16. The first kappa shape index (κ1) is 15.6. The predicted molar refractivity (Wildman–Crippen MR) is 90.4 cm³/mol. The molecule has 0 spiro atoms. The number of anilines is 1. The molecule has 3 aromatic rings. The van der Waals surface area contributed by atoms with Crippen molar-refractivity contribution >= 4 is 38.3 Å². The molecule has 0 atom stereocenters. The molecule has 1 aromatic heterocycles. The quantitative estimate of drug-likeness (QED) is 0.787. The number of nitrogens with one attached hydrogen (secondary N) is 1. The van der Waals surface area contributed by atoms with E-state index in [1.54, 1.807) is 44.4 Å². The lowest BCUT2D eigenvalue weighted by Gasteiger charge is -2.08. The van der Waals surface area contributed by atoms with Gasteiger partial charge in [-0.25, -0.2) is 13.2 Å². The van der Waals surface area contributed by atoms with Gasteiger partial charge < -0.3 is 0 Å².